The fourth-order valence-corrected chi connectivity index (χ4v) is 5.06. The third kappa shape index (κ3) is 4.28. The Bertz CT molecular complexity index is 1130. The van der Waals surface area contributed by atoms with Crippen molar-refractivity contribution in [1.29, 1.82) is 0 Å². The van der Waals surface area contributed by atoms with Crippen molar-refractivity contribution in [3.8, 4) is 0 Å². The Balaban J connectivity index is 1.59. The summed E-state index contributed by atoms with van der Waals surface area (Å²) in [6.07, 6.45) is 2.40. The molecule has 6 nitrogen and oxygen atoms in total. The van der Waals surface area contributed by atoms with Gasteiger partial charge in [-0.05, 0) is 35.4 Å². The van der Waals surface area contributed by atoms with Crippen LogP contribution in [0.5, 0.6) is 0 Å². The molecule has 2 aromatic carbocycles. The van der Waals surface area contributed by atoms with Gasteiger partial charge in [-0.25, -0.2) is 22.2 Å². The lowest BCUT2D eigenvalue weighted by molar-refractivity contribution is 0.0406. The molecule has 1 aliphatic heterocycles. The van der Waals surface area contributed by atoms with Gasteiger partial charge in [0.1, 0.15) is 11.6 Å². The van der Waals surface area contributed by atoms with E-state index in [0.717, 1.165) is 5.56 Å². The number of aryl methyl sites for hydroxylation is 1. The first-order chi connectivity index (χ1) is 14.3. The summed E-state index contributed by atoms with van der Waals surface area (Å²) in [5.74, 6) is -1.03. The van der Waals surface area contributed by atoms with E-state index in [2.05, 4.69) is 4.98 Å². The van der Waals surface area contributed by atoms with E-state index in [1.807, 2.05) is 0 Å². The molecule has 30 heavy (non-hydrogen) atoms. The highest BCUT2D eigenvalue weighted by Crippen LogP contribution is 2.33. The Morgan fingerprint density at radius 1 is 1.10 bits per heavy atom. The molecular weight excluding hydrogens is 412 g/mol. The highest BCUT2D eigenvalue weighted by atomic mass is 32.2. The van der Waals surface area contributed by atoms with Gasteiger partial charge >= 0.3 is 0 Å². The molecule has 2 heterocycles. The summed E-state index contributed by atoms with van der Waals surface area (Å²) >= 11 is 0. The van der Waals surface area contributed by atoms with E-state index in [-0.39, 0.29) is 42.3 Å². The van der Waals surface area contributed by atoms with Gasteiger partial charge in [0, 0.05) is 32.3 Å². The molecule has 0 bridgehead atoms. The number of hydrogen-bond donors (Lipinski definition) is 0. The maximum Gasteiger partial charge on any atom is 0.262 e. The Labute approximate surface area is 173 Å². The number of aromatic nitrogens is 2. The molecule has 158 valence electrons. The second-order valence-electron chi connectivity index (χ2n) is 7.34. The SMILES string of the molecule is Cn1cnc(S(=O)(=O)N2C[C@H](OCc3cccc(F)c3)[C@@H](c3ccc(F)cc3)C2)c1. The molecule has 0 unspecified atom stereocenters. The monoisotopic (exact) mass is 433 g/mol. The lowest BCUT2D eigenvalue weighted by Gasteiger charge is -2.19. The third-order valence-electron chi connectivity index (χ3n) is 5.17. The van der Waals surface area contributed by atoms with Crippen molar-refractivity contribution >= 4 is 10.0 Å². The van der Waals surface area contributed by atoms with E-state index < -0.39 is 16.1 Å². The average Bonchev–Trinajstić information content (AvgIpc) is 3.34. The molecule has 1 saturated heterocycles. The van der Waals surface area contributed by atoms with Crippen molar-refractivity contribution in [2.75, 3.05) is 13.1 Å². The lowest BCUT2D eigenvalue weighted by atomic mass is 9.96. The van der Waals surface area contributed by atoms with Crippen LogP contribution in [0.1, 0.15) is 17.0 Å². The summed E-state index contributed by atoms with van der Waals surface area (Å²) in [6.45, 7) is 0.437. The molecule has 0 saturated carbocycles. The molecule has 0 aliphatic carbocycles. The van der Waals surface area contributed by atoms with Gasteiger partial charge < -0.3 is 9.30 Å². The van der Waals surface area contributed by atoms with E-state index in [1.165, 1.54) is 41.1 Å². The van der Waals surface area contributed by atoms with Gasteiger partial charge in [0.25, 0.3) is 10.0 Å². The number of rotatable bonds is 6. The summed E-state index contributed by atoms with van der Waals surface area (Å²) in [7, 11) is -2.11. The van der Waals surface area contributed by atoms with Gasteiger partial charge in [0.05, 0.1) is 19.0 Å². The Hall–Kier alpha value is -2.62. The Kier molecular flexibility index (Phi) is 5.68. The average molecular weight is 433 g/mol. The maximum absolute atomic E-state index is 13.5. The van der Waals surface area contributed by atoms with Crippen LogP contribution in [0.4, 0.5) is 8.78 Å². The first-order valence-corrected chi connectivity index (χ1v) is 10.9. The van der Waals surface area contributed by atoms with Gasteiger partial charge in [0.15, 0.2) is 5.03 Å². The fourth-order valence-electron chi connectivity index (χ4n) is 3.62. The van der Waals surface area contributed by atoms with E-state index in [9.17, 15) is 17.2 Å². The van der Waals surface area contributed by atoms with Crippen molar-refractivity contribution in [3.63, 3.8) is 0 Å². The largest absolute Gasteiger partial charge is 0.371 e. The second kappa shape index (κ2) is 8.25. The van der Waals surface area contributed by atoms with E-state index in [1.54, 1.807) is 35.9 Å². The van der Waals surface area contributed by atoms with Crippen molar-refractivity contribution < 1.29 is 21.9 Å². The molecule has 0 spiro atoms. The number of nitrogens with zero attached hydrogens (tertiary/aromatic N) is 3. The molecule has 2 atom stereocenters. The first-order valence-electron chi connectivity index (χ1n) is 9.42. The number of benzene rings is 2. The standard InChI is InChI=1S/C21H21F2N3O3S/c1-25-12-21(24-14-25)30(27,28)26-10-19(16-5-7-17(22)8-6-16)20(11-26)29-13-15-3-2-4-18(23)9-15/h2-9,12,14,19-20H,10-11,13H2,1H3/t19-,20+/m1/s1. The molecule has 3 aromatic rings. The van der Waals surface area contributed by atoms with E-state index >= 15 is 0 Å². The highest BCUT2D eigenvalue weighted by molar-refractivity contribution is 7.89. The Morgan fingerprint density at radius 2 is 1.87 bits per heavy atom. The lowest BCUT2D eigenvalue weighted by Crippen LogP contribution is -2.30. The summed E-state index contributed by atoms with van der Waals surface area (Å²) in [5.41, 5.74) is 1.43. The molecule has 4 rings (SSSR count). The predicted octanol–water partition coefficient (Wildman–Crippen LogP) is 3.07. The van der Waals surface area contributed by atoms with Gasteiger partial charge in [-0.3, -0.25) is 0 Å². The van der Waals surface area contributed by atoms with Gasteiger partial charge in [-0.1, -0.05) is 24.3 Å². The van der Waals surface area contributed by atoms with Gasteiger partial charge in [-0.15, -0.1) is 0 Å². The number of sulfonamides is 1. The van der Waals surface area contributed by atoms with Gasteiger partial charge in [0.2, 0.25) is 0 Å². The molecular formula is C21H21F2N3O3S. The van der Waals surface area contributed by atoms with Gasteiger partial charge in [-0.2, -0.15) is 4.31 Å². The van der Waals surface area contributed by atoms with E-state index in [4.69, 9.17) is 4.74 Å². The molecule has 9 heteroatoms. The quantitative estimate of drug-likeness (QED) is 0.599. The van der Waals surface area contributed by atoms with Crippen molar-refractivity contribution in [3.05, 3.63) is 83.8 Å². The minimum absolute atomic E-state index is 0.0337. The summed E-state index contributed by atoms with van der Waals surface area (Å²) < 4.78 is 61.8. The number of ether oxygens (including phenoxy) is 1. The molecule has 0 radical (unpaired) electrons. The van der Waals surface area contributed by atoms with Crippen molar-refractivity contribution in [2.45, 2.75) is 23.7 Å². The summed E-state index contributed by atoms with van der Waals surface area (Å²) in [5, 5.41) is -0.0337. The third-order valence-corrected chi connectivity index (χ3v) is 6.89. The van der Waals surface area contributed by atoms with Crippen LogP contribution >= 0.6 is 0 Å². The summed E-state index contributed by atoms with van der Waals surface area (Å²) in [6, 6.07) is 12.0. The fraction of sp³-hybridized carbons (Fsp3) is 0.286. The maximum atomic E-state index is 13.5. The zero-order valence-electron chi connectivity index (χ0n) is 16.3. The Morgan fingerprint density at radius 3 is 2.53 bits per heavy atom. The van der Waals surface area contributed by atoms with Crippen LogP contribution in [-0.2, 0) is 28.4 Å². The number of hydrogen-bond acceptors (Lipinski definition) is 4. The number of imidazole rings is 1. The second-order valence-corrected chi connectivity index (χ2v) is 9.22. The smallest absolute Gasteiger partial charge is 0.262 e. The molecule has 1 aliphatic rings. The van der Waals surface area contributed by atoms with E-state index in [0.29, 0.717) is 5.56 Å². The molecule has 1 fully saturated rings. The minimum Gasteiger partial charge on any atom is -0.371 e. The highest BCUT2D eigenvalue weighted by Gasteiger charge is 2.41. The topological polar surface area (TPSA) is 64.4 Å². The van der Waals surface area contributed by atoms with Crippen LogP contribution < -0.4 is 0 Å². The van der Waals surface area contributed by atoms with Crippen LogP contribution in [0, 0.1) is 11.6 Å². The van der Waals surface area contributed by atoms with Crippen molar-refractivity contribution in [2.24, 2.45) is 7.05 Å². The molecule has 0 amide bonds. The molecule has 1 aromatic heterocycles. The van der Waals surface area contributed by atoms with Crippen LogP contribution in [0.2, 0.25) is 0 Å². The zero-order valence-corrected chi connectivity index (χ0v) is 17.1. The first kappa shape index (κ1) is 20.6. The predicted molar refractivity (Wildman–Crippen MR) is 106 cm³/mol. The van der Waals surface area contributed by atoms with Crippen molar-refractivity contribution in [1.82, 2.24) is 13.9 Å². The zero-order chi connectivity index (χ0) is 21.3. The normalized spacial score (nSPS) is 20.0. The minimum atomic E-state index is -3.80. The summed E-state index contributed by atoms with van der Waals surface area (Å²) in [4.78, 5) is 3.97. The number of halogens is 2. The molecule has 0 N–H and O–H groups in total. The van der Waals surface area contributed by atoms with Crippen LogP contribution in [0.25, 0.3) is 0 Å². The van der Waals surface area contributed by atoms with Crippen LogP contribution in [0.15, 0.2) is 66.1 Å². The van der Waals surface area contributed by atoms with Crippen LogP contribution in [0.3, 0.4) is 0 Å². The van der Waals surface area contributed by atoms with Crippen LogP contribution in [-0.4, -0.2) is 41.5 Å².